The lowest BCUT2D eigenvalue weighted by atomic mass is 9.73. The van der Waals surface area contributed by atoms with Crippen molar-refractivity contribution >= 4 is 0 Å². The van der Waals surface area contributed by atoms with E-state index in [2.05, 4.69) is 20.8 Å². The molecule has 0 aromatic rings. The fourth-order valence-corrected chi connectivity index (χ4v) is 4.98. The molecule has 0 heterocycles. The average molecular weight is 343 g/mol. The van der Waals surface area contributed by atoms with Gasteiger partial charge in [-0.3, -0.25) is 0 Å². The van der Waals surface area contributed by atoms with Crippen LogP contribution in [-0.2, 0) is 0 Å². The second-order valence-corrected chi connectivity index (χ2v) is 10.1. The monoisotopic (exact) mass is 342 g/mol. The van der Waals surface area contributed by atoms with E-state index in [9.17, 15) is 20.4 Å². The summed E-state index contributed by atoms with van der Waals surface area (Å²) < 4.78 is 0. The van der Waals surface area contributed by atoms with E-state index >= 15 is 0 Å². The zero-order chi connectivity index (χ0) is 18.5. The Morgan fingerprint density at radius 2 is 1.54 bits per heavy atom. The molecule has 142 valence electrons. The molecule has 0 aromatic carbocycles. The second-order valence-electron chi connectivity index (χ2n) is 10.1. The first-order chi connectivity index (χ1) is 10.8. The Balaban J connectivity index is 0.000000174. The van der Waals surface area contributed by atoms with Crippen molar-refractivity contribution in [3.8, 4) is 0 Å². The highest BCUT2D eigenvalue weighted by Gasteiger charge is 2.63. The molecule has 0 aromatic heterocycles. The molecule has 4 nitrogen and oxygen atoms in total. The van der Waals surface area contributed by atoms with Crippen LogP contribution >= 0.6 is 0 Å². The molecule has 3 saturated carbocycles. The first kappa shape index (κ1) is 20.2. The summed E-state index contributed by atoms with van der Waals surface area (Å²) in [5.74, 6) is 1.95. The van der Waals surface area contributed by atoms with Gasteiger partial charge in [-0.05, 0) is 69.6 Å². The Morgan fingerprint density at radius 3 is 2.00 bits per heavy atom. The second kappa shape index (κ2) is 6.53. The van der Waals surface area contributed by atoms with Gasteiger partial charge in [0.15, 0.2) is 0 Å². The van der Waals surface area contributed by atoms with Crippen molar-refractivity contribution in [1.29, 1.82) is 0 Å². The number of fused-ring (bicyclic) bond motifs is 1. The fourth-order valence-electron chi connectivity index (χ4n) is 4.98. The zero-order valence-electron chi connectivity index (χ0n) is 16.3. The quantitative estimate of drug-likeness (QED) is 0.591. The number of rotatable bonds is 1. The Morgan fingerprint density at radius 1 is 0.958 bits per heavy atom. The van der Waals surface area contributed by atoms with Crippen molar-refractivity contribution in [1.82, 2.24) is 0 Å². The third-order valence-electron chi connectivity index (χ3n) is 7.10. The normalized spacial score (nSPS) is 47.2. The van der Waals surface area contributed by atoms with E-state index < -0.39 is 17.3 Å². The molecule has 3 aliphatic rings. The van der Waals surface area contributed by atoms with Crippen LogP contribution in [0.3, 0.4) is 0 Å². The fraction of sp³-hybridized carbons (Fsp3) is 1.00. The van der Waals surface area contributed by atoms with E-state index in [1.807, 2.05) is 0 Å². The third-order valence-corrected chi connectivity index (χ3v) is 7.10. The van der Waals surface area contributed by atoms with E-state index in [1.165, 1.54) is 0 Å². The largest absolute Gasteiger partial charge is 0.393 e. The minimum absolute atomic E-state index is 0.0636. The van der Waals surface area contributed by atoms with Crippen LogP contribution in [-0.4, -0.2) is 43.8 Å². The summed E-state index contributed by atoms with van der Waals surface area (Å²) in [5, 5.41) is 38.9. The van der Waals surface area contributed by atoms with Crippen LogP contribution in [0.4, 0.5) is 0 Å². The van der Waals surface area contributed by atoms with E-state index in [0.717, 1.165) is 32.1 Å². The van der Waals surface area contributed by atoms with Gasteiger partial charge in [-0.25, -0.2) is 0 Å². The number of aliphatic hydroxyl groups is 4. The number of hydrogen-bond acceptors (Lipinski definition) is 4. The lowest BCUT2D eigenvalue weighted by Crippen LogP contribution is -2.42. The molecule has 0 amide bonds. The smallest absolute Gasteiger partial charge is 0.0880 e. The van der Waals surface area contributed by atoms with Crippen molar-refractivity contribution in [2.24, 2.45) is 29.1 Å². The van der Waals surface area contributed by atoms with Gasteiger partial charge in [-0.2, -0.15) is 0 Å². The summed E-state index contributed by atoms with van der Waals surface area (Å²) in [6, 6.07) is 0. The Kier molecular flexibility index (Phi) is 5.49. The predicted octanol–water partition coefficient (Wildman–Crippen LogP) is 2.72. The van der Waals surface area contributed by atoms with Crippen LogP contribution in [0.25, 0.3) is 0 Å². The van der Waals surface area contributed by atoms with Crippen molar-refractivity contribution in [2.45, 2.75) is 97.1 Å². The van der Waals surface area contributed by atoms with Gasteiger partial charge in [-0.15, -0.1) is 0 Å². The molecule has 0 spiro atoms. The van der Waals surface area contributed by atoms with Crippen molar-refractivity contribution < 1.29 is 20.4 Å². The van der Waals surface area contributed by atoms with E-state index in [0.29, 0.717) is 23.2 Å². The van der Waals surface area contributed by atoms with Gasteiger partial charge in [0, 0.05) is 5.92 Å². The number of aliphatic hydroxyl groups excluding tert-OH is 2. The van der Waals surface area contributed by atoms with Crippen LogP contribution in [0.1, 0.15) is 73.6 Å². The molecule has 7 atom stereocenters. The summed E-state index contributed by atoms with van der Waals surface area (Å²) in [6.45, 7) is 12.0. The molecule has 0 bridgehead atoms. The SMILES string of the molecule is CC1(O)CC2C(CC1O)C2(C)C.CC1CCC(C(C)(C)O)C(O)C1. The molecule has 0 saturated heterocycles. The first-order valence-electron chi connectivity index (χ1n) is 9.57. The summed E-state index contributed by atoms with van der Waals surface area (Å²) in [6.07, 6.45) is 3.65. The molecule has 4 heteroatoms. The molecule has 24 heavy (non-hydrogen) atoms. The highest BCUT2D eigenvalue weighted by Crippen LogP contribution is 2.66. The maximum Gasteiger partial charge on any atom is 0.0880 e. The van der Waals surface area contributed by atoms with Gasteiger partial charge in [0.05, 0.1) is 23.4 Å². The van der Waals surface area contributed by atoms with Gasteiger partial charge in [0.25, 0.3) is 0 Å². The molecule has 0 radical (unpaired) electrons. The highest BCUT2D eigenvalue weighted by molar-refractivity contribution is 5.12. The maximum atomic E-state index is 9.82. The van der Waals surface area contributed by atoms with Crippen LogP contribution in [0.5, 0.6) is 0 Å². The molecule has 3 rings (SSSR count). The Labute approximate surface area is 147 Å². The summed E-state index contributed by atoms with van der Waals surface area (Å²) in [7, 11) is 0. The minimum atomic E-state index is -0.838. The lowest BCUT2D eigenvalue weighted by molar-refractivity contribution is -0.0892. The standard InChI is InChI=1S/C10H18O2.C10H20O2/c1-9(2)6-4-8(11)10(3,12)5-7(6)9;1-7-4-5-8(9(11)6-7)10(2,3)12/h6-8,11-12H,4-5H2,1-3H3;7-9,11-12H,4-6H2,1-3H3. The molecule has 7 unspecified atom stereocenters. The van der Waals surface area contributed by atoms with Crippen LogP contribution in [0.2, 0.25) is 0 Å². The molecule has 0 aliphatic heterocycles. The topological polar surface area (TPSA) is 80.9 Å². The zero-order valence-corrected chi connectivity index (χ0v) is 16.3. The van der Waals surface area contributed by atoms with E-state index in [4.69, 9.17) is 0 Å². The molecule has 3 fully saturated rings. The average Bonchev–Trinajstić information content (AvgIpc) is 2.89. The highest BCUT2D eigenvalue weighted by atomic mass is 16.3. The summed E-state index contributed by atoms with van der Waals surface area (Å²) in [4.78, 5) is 0. The lowest BCUT2D eigenvalue weighted by Gasteiger charge is -2.38. The van der Waals surface area contributed by atoms with Gasteiger partial charge in [0.2, 0.25) is 0 Å². The molecular weight excluding hydrogens is 304 g/mol. The first-order valence-corrected chi connectivity index (χ1v) is 9.57. The van der Waals surface area contributed by atoms with Crippen molar-refractivity contribution in [2.75, 3.05) is 0 Å². The summed E-state index contributed by atoms with van der Waals surface area (Å²) >= 11 is 0. The maximum absolute atomic E-state index is 9.82. The number of hydrogen-bond donors (Lipinski definition) is 4. The van der Waals surface area contributed by atoms with Crippen LogP contribution in [0.15, 0.2) is 0 Å². The van der Waals surface area contributed by atoms with Crippen LogP contribution < -0.4 is 0 Å². The van der Waals surface area contributed by atoms with Crippen molar-refractivity contribution in [3.63, 3.8) is 0 Å². The molecule has 4 N–H and O–H groups in total. The van der Waals surface area contributed by atoms with Gasteiger partial charge in [-0.1, -0.05) is 27.2 Å². The minimum Gasteiger partial charge on any atom is -0.393 e. The Bertz CT molecular complexity index is 437. The summed E-state index contributed by atoms with van der Waals surface area (Å²) in [5.41, 5.74) is -1.20. The van der Waals surface area contributed by atoms with Gasteiger partial charge < -0.3 is 20.4 Å². The third kappa shape index (κ3) is 4.14. The molecular formula is C20H38O4. The van der Waals surface area contributed by atoms with Crippen molar-refractivity contribution in [3.05, 3.63) is 0 Å². The van der Waals surface area contributed by atoms with E-state index in [1.54, 1.807) is 20.8 Å². The van der Waals surface area contributed by atoms with E-state index in [-0.39, 0.29) is 12.0 Å². The predicted molar refractivity (Wildman–Crippen MR) is 95.4 cm³/mol. The van der Waals surface area contributed by atoms with Gasteiger partial charge in [0.1, 0.15) is 0 Å². The Hall–Kier alpha value is -0.160. The van der Waals surface area contributed by atoms with Gasteiger partial charge >= 0.3 is 0 Å². The van der Waals surface area contributed by atoms with Crippen LogP contribution in [0, 0.1) is 29.1 Å². The molecule has 3 aliphatic carbocycles.